The highest BCUT2D eigenvalue weighted by molar-refractivity contribution is 5.89. The van der Waals surface area contributed by atoms with Crippen LogP contribution in [-0.2, 0) is 9.59 Å². The van der Waals surface area contributed by atoms with Crippen LogP contribution in [0.5, 0.6) is 0 Å². The van der Waals surface area contributed by atoms with Gasteiger partial charge in [0.05, 0.1) is 6.54 Å². The van der Waals surface area contributed by atoms with Gasteiger partial charge in [-0.15, -0.1) is 0 Å². The first-order chi connectivity index (χ1) is 9.92. The summed E-state index contributed by atoms with van der Waals surface area (Å²) in [6.07, 6.45) is 11.9. The van der Waals surface area contributed by atoms with Crippen molar-refractivity contribution < 1.29 is 9.59 Å². The van der Waals surface area contributed by atoms with Gasteiger partial charge in [0.15, 0.2) is 5.78 Å². The molecule has 3 heteroatoms. The number of rotatable bonds is 4. The van der Waals surface area contributed by atoms with Crippen LogP contribution in [0.3, 0.4) is 0 Å². The van der Waals surface area contributed by atoms with E-state index < -0.39 is 0 Å². The van der Waals surface area contributed by atoms with E-state index in [0.29, 0.717) is 5.92 Å². The molecule has 0 saturated heterocycles. The molecule has 1 amide bonds. The van der Waals surface area contributed by atoms with Crippen molar-refractivity contribution in [2.24, 2.45) is 23.2 Å². The number of carbonyl (C=O) groups excluding carboxylic acids is 2. The molecular formula is C18H27NO2. The molecule has 2 aliphatic rings. The molecule has 0 aromatic heterocycles. The van der Waals surface area contributed by atoms with Crippen LogP contribution in [0.2, 0.25) is 0 Å². The van der Waals surface area contributed by atoms with Gasteiger partial charge in [0.25, 0.3) is 0 Å². The third kappa shape index (κ3) is 3.84. The molecule has 21 heavy (non-hydrogen) atoms. The Labute approximate surface area is 127 Å². The number of hydrogen-bond acceptors (Lipinski definition) is 2. The Balaban J connectivity index is 1.90. The largest absolute Gasteiger partial charge is 0.349 e. The summed E-state index contributed by atoms with van der Waals surface area (Å²) in [4.78, 5) is 24.6. The topological polar surface area (TPSA) is 46.2 Å². The molecule has 3 atom stereocenters. The molecule has 116 valence electrons. The molecule has 1 N–H and O–H groups in total. The highest BCUT2D eigenvalue weighted by Gasteiger charge is 2.41. The van der Waals surface area contributed by atoms with Crippen LogP contribution in [0.25, 0.3) is 0 Å². The second-order valence-electron chi connectivity index (χ2n) is 7.18. The molecule has 0 bridgehead atoms. The SMILES string of the molecule is C[C@@H]1CCCC(C)(C)[C@H]1C(=O)NCC(=O)C1C=CC=CC1. The standard InChI is InChI=1S/C18H27NO2/c1-13-8-7-11-18(2,3)16(13)17(21)19-12-15(20)14-9-5-4-6-10-14/h4-6,9,13-14,16H,7-8,10-12H2,1-3H3,(H,19,21)/t13-,14?,16-/m1/s1. The maximum atomic E-state index is 12.5. The summed E-state index contributed by atoms with van der Waals surface area (Å²) in [5.74, 6) is 0.482. The van der Waals surface area contributed by atoms with Crippen LogP contribution in [0.4, 0.5) is 0 Å². The van der Waals surface area contributed by atoms with Crippen molar-refractivity contribution in [1.29, 1.82) is 0 Å². The van der Waals surface area contributed by atoms with Crippen molar-refractivity contribution in [1.82, 2.24) is 5.32 Å². The van der Waals surface area contributed by atoms with Crippen LogP contribution < -0.4 is 5.32 Å². The molecule has 1 unspecified atom stereocenters. The monoisotopic (exact) mass is 289 g/mol. The second kappa shape index (κ2) is 6.59. The first-order valence-corrected chi connectivity index (χ1v) is 8.05. The molecule has 1 saturated carbocycles. The van der Waals surface area contributed by atoms with Gasteiger partial charge in [0, 0.05) is 11.8 Å². The van der Waals surface area contributed by atoms with Gasteiger partial charge < -0.3 is 5.32 Å². The third-order valence-electron chi connectivity index (χ3n) is 5.01. The zero-order chi connectivity index (χ0) is 15.5. The first-order valence-electron chi connectivity index (χ1n) is 8.05. The average Bonchev–Trinajstić information content (AvgIpc) is 2.44. The van der Waals surface area contributed by atoms with Crippen molar-refractivity contribution >= 4 is 11.7 Å². The zero-order valence-electron chi connectivity index (χ0n) is 13.4. The minimum atomic E-state index is -0.0768. The highest BCUT2D eigenvalue weighted by atomic mass is 16.2. The van der Waals surface area contributed by atoms with E-state index in [1.165, 1.54) is 6.42 Å². The van der Waals surface area contributed by atoms with Crippen molar-refractivity contribution in [3.63, 3.8) is 0 Å². The molecule has 0 radical (unpaired) electrons. The fourth-order valence-electron chi connectivity index (χ4n) is 3.82. The Hall–Kier alpha value is -1.38. The number of amides is 1. The second-order valence-corrected chi connectivity index (χ2v) is 7.18. The molecule has 2 rings (SSSR count). The lowest BCUT2D eigenvalue weighted by Gasteiger charge is -2.41. The highest BCUT2D eigenvalue weighted by Crippen LogP contribution is 2.43. The van der Waals surface area contributed by atoms with Gasteiger partial charge in [-0.1, -0.05) is 51.5 Å². The third-order valence-corrected chi connectivity index (χ3v) is 5.01. The molecule has 2 aliphatic carbocycles. The predicted octanol–water partition coefficient (Wildman–Crippen LogP) is 3.27. The Kier molecular flexibility index (Phi) is 5.02. The summed E-state index contributed by atoms with van der Waals surface area (Å²) in [7, 11) is 0. The fraction of sp³-hybridized carbons (Fsp3) is 0.667. The van der Waals surface area contributed by atoms with E-state index in [1.54, 1.807) is 0 Å². The first kappa shape index (κ1) is 16.0. The van der Waals surface area contributed by atoms with Crippen LogP contribution in [0.15, 0.2) is 24.3 Å². The van der Waals surface area contributed by atoms with E-state index in [-0.39, 0.29) is 35.5 Å². The summed E-state index contributed by atoms with van der Waals surface area (Å²) in [6, 6.07) is 0. The van der Waals surface area contributed by atoms with E-state index in [0.717, 1.165) is 19.3 Å². The van der Waals surface area contributed by atoms with Gasteiger partial charge in [-0.2, -0.15) is 0 Å². The number of Topliss-reactive ketones (excluding diaryl/α,β-unsaturated/α-hetero) is 1. The van der Waals surface area contributed by atoms with Crippen molar-refractivity contribution in [3.05, 3.63) is 24.3 Å². The Morgan fingerprint density at radius 1 is 1.29 bits per heavy atom. The van der Waals surface area contributed by atoms with Crippen LogP contribution in [0, 0.1) is 23.2 Å². The molecule has 0 aromatic carbocycles. The minimum Gasteiger partial charge on any atom is -0.349 e. The van der Waals surface area contributed by atoms with Crippen molar-refractivity contribution in [2.45, 2.75) is 46.5 Å². The van der Waals surface area contributed by atoms with E-state index in [1.807, 2.05) is 24.3 Å². The maximum absolute atomic E-state index is 12.5. The van der Waals surface area contributed by atoms with Gasteiger partial charge in [-0.05, 0) is 30.6 Å². The number of allylic oxidation sites excluding steroid dienone is 4. The number of ketones is 1. The predicted molar refractivity (Wildman–Crippen MR) is 84.7 cm³/mol. The van der Waals surface area contributed by atoms with E-state index >= 15 is 0 Å². The maximum Gasteiger partial charge on any atom is 0.224 e. The molecule has 1 fully saturated rings. The summed E-state index contributed by atoms with van der Waals surface area (Å²) < 4.78 is 0. The quantitative estimate of drug-likeness (QED) is 0.863. The van der Waals surface area contributed by atoms with Crippen LogP contribution >= 0.6 is 0 Å². The van der Waals surface area contributed by atoms with Crippen LogP contribution in [0.1, 0.15) is 46.5 Å². The lowest BCUT2D eigenvalue weighted by Crippen LogP contribution is -2.46. The molecular weight excluding hydrogens is 262 g/mol. The van der Waals surface area contributed by atoms with E-state index in [4.69, 9.17) is 0 Å². The Bertz CT molecular complexity index is 462. The fourth-order valence-corrected chi connectivity index (χ4v) is 3.82. The zero-order valence-corrected chi connectivity index (χ0v) is 13.4. The smallest absolute Gasteiger partial charge is 0.224 e. The molecule has 0 aliphatic heterocycles. The molecule has 0 aromatic rings. The number of nitrogens with one attached hydrogen (secondary N) is 1. The summed E-state index contributed by atoms with van der Waals surface area (Å²) >= 11 is 0. The lowest BCUT2D eigenvalue weighted by atomic mass is 9.64. The summed E-state index contributed by atoms with van der Waals surface area (Å²) in [5.41, 5.74) is 0.0261. The minimum absolute atomic E-state index is 0.0147. The number of hydrogen-bond donors (Lipinski definition) is 1. The Morgan fingerprint density at radius 2 is 2.05 bits per heavy atom. The van der Waals surface area contributed by atoms with Gasteiger partial charge in [-0.3, -0.25) is 9.59 Å². The van der Waals surface area contributed by atoms with Crippen molar-refractivity contribution in [3.8, 4) is 0 Å². The van der Waals surface area contributed by atoms with Crippen LogP contribution in [-0.4, -0.2) is 18.2 Å². The van der Waals surface area contributed by atoms with E-state index in [2.05, 4.69) is 26.1 Å². The Morgan fingerprint density at radius 3 is 2.67 bits per heavy atom. The summed E-state index contributed by atoms with van der Waals surface area (Å²) in [6.45, 7) is 6.65. The van der Waals surface area contributed by atoms with E-state index in [9.17, 15) is 9.59 Å². The molecule has 3 nitrogen and oxygen atoms in total. The van der Waals surface area contributed by atoms with Gasteiger partial charge in [0.1, 0.15) is 0 Å². The molecule has 0 heterocycles. The lowest BCUT2D eigenvalue weighted by molar-refractivity contribution is -0.135. The molecule has 0 spiro atoms. The van der Waals surface area contributed by atoms with Crippen molar-refractivity contribution in [2.75, 3.05) is 6.54 Å². The van der Waals surface area contributed by atoms with Gasteiger partial charge in [0.2, 0.25) is 5.91 Å². The van der Waals surface area contributed by atoms with Gasteiger partial charge >= 0.3 is 0 Å². The summed E-state index contributed by atoms with van der Waals surface area (Å²) in [5, 5.41) is 2.89. The number of carbonyl (C=O) groups is 2. The normalized spacial score (nSPS) is 30.9. The average molecular weight is 289 g/mol. The van der Waals surface area contributed by atoms with Gasteiger partial charge in [-0.25, -0.2) is 0 Å².